The second-order valence-electron chi connectivity index (χ2n) is 3.76. The molecule has 0 aromatic carbocycles. The van der Waals surface area contributed by atoms with Gasteiger partial charge in [0, 0.05) is 4.88 Å². The number of rotatable bonds is 5. The van der Waals surface area contributed by atoms with Gasteiger partial charge in [0.2, 0.25) is 5.71 Å². The van der Waals surface area contributed by atoms with Crippen LogP contribution >= 0.6 is 11.3 Å². The van der Waals surface area contributed by atoms with Crippen molar-refractivity contribution in [2.24, 2.45) is 5.16 Å². The van der Waals surface area contributed by atoms with Crippen LogP contribution in [0.15, 0.2) is 23.5 Å². The van der Waals surface area contributed by atoms with Crippen LogP contribution in [0.3, 0.4) is 0 Å². The molecule has 1 amide bonds. The number of aliphatic carboxylic acids is 1. The van der Waals surface area contributed by atoms with Crippen LogP contribution in [0.25, 0.3) is 0 Å². The maximum atomic E-state index is 11.1. The summed E-state index contributed by atoms with van der Waals surface area (Å²) in [4.78, 5) is 22.9. The Morgan fingerprint density at radius 1 is 1.43 bits per heavy atom. The number of hydrogen-bond acceptors (Lipinski definition) is 8. The van der Waals surface area contributed by atoms with E-state index < -0.39 is 17.6 Å². The Bertz CT molecular complexity index is 706. The Morgan fingerprint density at radius 3 is 2.81 bits per heavy atom. The fraction of sp³-hybridized carbons (Fsp3) is 0.100. The predicted octanol–water partition coefficient (Wildman–Crippen LogP) is -0.230. The molecule has 2 heterocycles. The number of hydrogen-bond donors (Lipinski definition) is 4. The summed E-state index contributed by atoms with van der Waals surface area (Å²) in [5.41, 5.74) is 0.925. The molecule has 10 nitrogen and oxygen atoms in total. The third-order valence-electron chi connectivity index (χ3n) is 2.39. The molecule has 2 rings (SSSR count). The molecule has 0 bridgehead atoms. The van der Waals surface area contributed by atoms with Gasteiger partial charge in [0.05, 0.1) is 17.6 Å². The Balaban J connectivity index is 2.14. The smallest absolute Gasteiger partial charge is 0.359 e. The molecule has 0 atom stereocenters. The van der Waals surface area contributed by atoms with E-state index in [9.17, 15) is 9.59 Å². The van der Waals surface area contributed by atoms with Crippen LogP contribution in [-0.2, 0) is 11.3 Å². The van der Waals surface area contributed by atoms with Crippen molar-refractivity contribution in [3.05, 3.63) is 33.8 Å². The van der Waals surface area contributed by atoms with Gasteiger partial charge < -0.3 is 10.3 Å². The van der Waals surface area contributed by atoms with E-state index in [-0.39, 0.29) is 17.1 Å². The highest BCUT2D eigenvalue weighted by Gasteiger charge is 2.16. The van der Waals surface area contributed by atoms with Gasteiger partial charge in [-0.15, -0.1) is 16.4 Å². The molecule has 0 fully saturated rings. The van der Waals surface area contributed by atoms with Crippen LogP contribution < -0.4 is 5.48 Å². The zero-order valence-electron chi connectivity index (χ0n) is 10.3. The Labute approximate surface area is 120 Å². The standard InChI is InChI=1S/C10H9N5O5S/c16-9(13-20)6-4-15(14-11-6)3-5-1-2-7(21-5)8(12-19)10(17)18/h1-2,4,19-20H,3H2,(H,13,16)(H,17,18). The van der Waals surface area contributed by atoms with Crippen LogP contribution in [0.4, 0.5) is 0 Å². The summed E-state index contributed by atoms with van der Waals surface area (Å²) in [6.45, 7) is 0.245. The van der Waals surface area contributed by atoms with E-state index in [2.05, 4.69) is 15.5 Å². The van der Waals surface area contributed by atoms with Crippen LogP contribution in [0, 0.1) is 0 Å². The monoisotopic (exact) mass is 311 g/mol. The normalized spacial score (nSPS) is 11.4. The maximum absolute atomic E-state index is 11.1. The van der Waals surface area contributed by atoms with Crippen molar-refractivity contribution in [2.45, 2.75) is 6.54 Å². The van der Waals surface area contributed by atoms with E-state index in [4.69, 9.17) is 15.5 Å². The van der Waals surface area contributed by atoms with Gasteiger partial charge in [-0.3, -0.25) is 10.0 Å². The zero-order chi connectivity index (χ0) is 15.4. The first-order chi connectivity index (χ1) is 10.0. The molecule has 0 radical (unpaired) electrons. The van der Waals surface area contributed by atoms with Gasteiger partial charge >= 0.3 is 5.97 Å². The van der Waals surface area contributed by atoms with Crippen molar-refractivity contribution >= 4 is 28.9 Å². The summed E-state index contributed by atoms with van der Waals surface area (Å²) in [6, 6.07) is 3.14. The molecule has 2 aromatic rings. The summed E-state index contributed by atoms with van der Waals surface area (Å²) in [5, 5.41) is 35.9. The van der Waals surface area contributed by atoms with Crippen molar-refractivity contribution in [1.82, 2.24) is 20.5 Å². The number of carbonyl (C=O) groups is 2. The average molecular weight is 311 g/mol. The molecule has 0 saturated carbocycles. The van der Waals surface area contributed by atoms with E-state index in [1.165, 1.54) is 22.4 Å². The largest absolute Gasteiger partial charge is 0.476 e. The van der Waals surface area contributed by atoms with Crippen molar-refractivity contribution in [3.63, 3.8) is 0 Å². The molecular formula is C10H9N5O5S. The Hall–Kier alpha value is -2.79. The fourth-order valence-corrected chi connectivity index (χ4v) is 2.46. The lowest BCUT2D eigenvalue weighted by Gasteiger charge is -1.96. The lowest BCUT2D eigenvalue weighted by atomic mass is 10.3. The number of hydroxylamine groups is 1. The summed E-state index contributed by atoms with van der Waals surface area (Å²) in [5.74, 6) is -2.12. The zero-order valence-corrected chi connectivity index (χ0v) is 11.1. The molecule has 2 aromatic heterocycles. The molecule has 0 aliphatic rings. The van der Waals surface area contributed by atoms with Crippen LogP contribution in [-0.4, -0.2) is 48.1 Å². The SMILES string of the molecule is O=C(O)C(=NO)c1ccc(Cn2cc(C(=O)NO)nn2)s1. The second-order valence-corrected chi connectivity index (χ2v) is 4.93. The van der Waals surface area contributed by atoms with Gasteiger partial charge in [-0.25, -0.2) is 15.0 Å². The van der Waals surface area contributed by atoms with Crippen molar-refractivity contribution < 1.29 is 25.1 Å². The number of nitrogens with zero attached hydrogens (tertiary/aromatic N) is 4. The quantitative estimate of drug-likeness (QED) is 0.258. The number of nitrogens with one attached hydrogen (secondary N) is 1. The molecule has 11 heteroatoms. The third-order valence-corrected chi connectivity index (χ3v) is 3.47. The fourth-order valence-electron chi connectivity index (χ4n) is 1.48. The molecule has 4 N–H and O–H groups in total. The minimum atomic E-state index is -1.34. The summed E-state index contributed by atoms with van der Waals surface area (Å²) in [6.07, 6.45) is 1.32. The van der Waals surface area contributed by atoms with Gasteiger partial charge in [-0.05, 0) is 12.1 Å². The molecular weight excluding hydrogens is 302 g/mol. The van der Waals surface area contributed by atoms with Gasteiger partial charge in [0.15, 0.2) is 5.69 Å². The van der Waals surface area contributed by atoms with Crippen LogP contribution in [0.5, 0.6) is 0 Å². The molecule has 0 aliphatic heterocycles. The predicted molar refractivity (Wildman–Crippen MR) is 68.7 cm³/mol. The number of oxime groups is 1. The van der Waals surface area contributed by atoms with Crippen molar-refractivity contribution in [1.29, 1.82) is 0 Å². The first-order valence-electron chi connectivity index (χ1n) is 5.44. The topological polar surface area (TPSA) is 150 Å². The number of amides is 1. The number of aromatic nitrogens is 3. The van der Waals surface area contributed by atoms with Crippen molar-refractivity contribution in [3.8, 4) is 0 Å². The van der Waals surface area contributed by atoms with Crippen LogP contribution in [0.1, 0.15) is 20.2 Å². The molecule has 110 valence electrons. The van der Waals surface area contributed by atoms with Gasteiger partial charge in [-0.1, -0.05) is 10.4 Å². The van der Waals surface area contributed by atoms with E-state index in [0.29, 0.717) is 4.88 Å². The molecule has 21 heavy (non-hydrogen) atoms. The van der Waals surface area contributed by atoms with E-state index in [1.807, 2.05) is 0 Å². The van der Waals surface area contributed by atoms with Gasteiger partial charge in [0.25, 0.3) is 5.91 Å². The van der Waals surface area contributed by atoms with Gasteiger partial charge in [0.1, 0.15) is 0 Å². The number of carbonyl (C=O) groups excluding carboxylic acids is 1. The van der Waals surface area contributed by atoms with E-state index in [0.717, 1.165) is 11.3 Å². The lowest BCUT2D eigenvalue weighted by Crippen LogP contribution is -2.18. The molecule has 0 spiro atoms. The first kappa shape index (κ1) is 14.6. The van der Waals surface area contributed by atoms with Gasteiger partial charge in [-0.2, -0.15) is 0 Å². The Kier molecular flexibility index (Phi) is 4.25. The summed E-state index contributed by atoms with van der Waals surface area (Å²) < 4.78 is 1.34. The van der Waals surface area contributed by atoms with Crippen LogP contribution in [0.2, 0.25) is 0 Å². The number of carboxylic acids is 1. The van der Waals surface area contributed by atoms with E-state index in [1.54, 1.807) is 6.07 Å². The van der Waals surface area contributed by atoms with E-state index >= 15 is 0 Å². The second kappa shape index (κ2) is 6.11. The highest BCUT2D eigenvalue weighted by atomic mass is 32.1. The highest BCUT2D eigenvalue weighted by molar-refractivity contribution is 7.14. The number of carboxylic acid groups (broad SMARTS) is 1. The van der Waals surface area contributed by atoms with Crippen molar-refractivity contribution in [2.75, 3.05) is 0 Å². The highest BCUT2D eigenvalue weighted by Crippen LogP contribution is 2.18. The Morgan fingerprint density at radius 2 is 2.19 bits per heavy atom. The molecule has 0 unspecified atom stereocenters. The first-order valence-corrected chi connectivity index (χ1v) is 6.25. The minimum Gasteiger partial charge on any atom is -0.476 e. The minimum absolute atomic E-state index is 0.0579. The molecule has 0 saturated heterocycles. The lowest BCUT2D eigenvalue weighted by molar-refractivity contribution is -0.129. The summed E-state index contributed by atoms with van der Waals surface area (Å²) in [7, 11) is 0. The maximum Gasteiger partial charge on any atom is 0.359 e. The third kappa shape index (κ3) is 3.21. The number of thiophene rings is 1. The average Bonchev–Trinajstić information content (AvgIpc) is 3.09. The summed E-state index contributed by atoms with van der Waals surface area (Å²) >= 11 is 1.10. The molecule has 0 aliphatic carbocycles.